The molecule has 5 rings (SSSR count). The van der Waals surface area contributed by atoms with Crippen LogP contribution in [0.4, 0.5) is 14.9 Å². The Bertz CT molecular complexity index is 1370. The van der Waals surface area contributed by atoms with E-state index in [0.29, 0.717) is 24.3 Å². The van der Waals surface area contributed by atoms with Gasteiger partial charge in [0.2, 0.25) is 5.91 Å². The van der Waals surface area contributed by atoms with Crippen molar-refractivity contribution in [1.29, 1.82) is 0 Å². The van der Waals surface area contributed by atoms with Crippen LogP contribution >= 0.6 is 11.3 Å². The molecule has 36 heavy (non-hydrogen) atoms. The van der Waals surface area contributed by atoms with Gasteiger partial charge in [-0.2, -0.15) is 0 Å². The molecule has 184 valence electrons. The molecule has 1 aromatic heterocycles. The van der Waals surface area contributed by atoms with Crippen molar-refractivity contribution in [3.8, 4) is 11.1 Å². The predicted molar refractivity (Wildman–Crippen MR) is 138 cm³/mol. The first-order valence-electron chi connectivity index (χ1n) is 11.6. The summed E-state index contributed by atoms with van der Waals surface area (Å²) in [5, 5.41) is 7.08. The summed E-state index contributed by atoms with van der Waals surface area (Å²) in [4.78, 5) is 29.3. The summed E-state index contributed by atoms with van der Waals surface area (Å²) in [5.41, 5.74) is 3.73. The average molecular weight is 505 g/mol. The number of hydrogen-bond acceptors (Lipinski definition) is 6. The Morgan fingerprint density at radius 3 is 2.69 bits per heavy atom. The molecule has 3 aromatic carbocycles. The second-order valence-electron chi connectivity index (χ2n) is 8.59. The minimum Gasteiger partial charge on any atom is -0.442 e. The van der Waals surface area contributed by atoms with Crippen molar-refractivity contribution in [2.45, 2.75) is 26.1 Å². The Labute approximate surface area is 211 Å². The smallest absolute Gasteiger partial charge is 0.414 e. The van der Waals surface area contributed by atoms with Crippen molar-refractivity contribution < 1.29 is 18.7 Å². The summed E-state index contributed by atoms with van der Waals surface area (Å²) in [5.74, 6) is -0.623. The number of nitrogens with one attached hydrogen (secondary N) is 2. The molecular formula is C27H25FN4O3S. The van der Waals surface area contributed by atoms with Crippen LogP contribution in [-0.4, -0.2) is 36.2 Å². The summed E-state index contributed by atoms with van der Waals surface area (Å²) in [6.45, 7) is 3.22. The second-order valence-corrected chi connectivity index (χ2v) is 9.71. The summed E-state index contributed by atoms with van der Waals surface area (Å²) in [6, 6.07) is 20.5. The number of ether oxygens (including phenoxy) is 1. The molecule has 2 N–H and O–H groups in total. The molecule has 1 aliphatic rings. The zero-order chi connectivity index (χ0) is 25.1. The second kappa shape index (κ2) is 10.4. The quantitative estimate of drug-likeness (QED) is 0.358. The number of carbonyl (C=O) groups is 2. The highest BCUT2D eigenvalue weighted by Crippen LogP contribution is 2.29. The van der Waals surface area contributed by atoms with E-state index in [1.54, 1.807) is 23.5 Å². The normalized spacial score (nSPS) is 15.3. The van der Waals surface area contributed by atoms with Crippen LogP contribution in [0.2, 0.25) is 0 Å². The van der Waals surface area contributed by atoms with E-state index in [-0.39, 0.29) is 19.0 Å². The Hall–Kier alpha value is -3.82. The molecule has 0 bridgehead atoms. The number of aromatic nitrogens is 1. The lowest BCUT2D eigenvalue weighted by Gasteiger charge is -2.15. The van der Waals surface area contributed by atoms with Crippen molar-refractivity contribution in [1.82, 2.24) is 15.6 Å². The molecular weight excluding hydrogens is 479 g/mol. The lowest BCUT2D eigenvalue weighted by Crippen LogP contribution is -2.33. The lowest BCUT2D eigenvalue weighted by atomic mass is 10.0. The summed E-state index contributed by atoms with van der Waals surface area (Å²) >= 11 is 1.68. The number of halogens is 1. The van der Waals surface area contributed by atoms with Crippen LogP contribution < -0.4 is 15.5 Å². The molecule has 4 aromatic rings. The van der Waals surface area contributed by atoms with Crippen molar-refractivity contribution in [3.05, 3.63) is 83.1 Å². The zero-order valence-electron chi connectivity index (χ0n) is 19.7. The zero-order valence-corrected chi connectivity index (χ0v) is 20.5. The number of amides is 2. The van der Waals surface area contributed by atoms with Gasteiger partial charge in [0.1, 0.15) is 16.9 Å². The predicted octanol–water partition coefficient (Wildman–Crippen LogP) is 4.85. The molecule has 7 nitrogen and oxygen atoms in total. The van der Waals surface area contributed by atoms with Crippen molar-refractivity contribution in [3.63, 3.8) is 0 Å². The SMILES string of the molecule is CC(=O)NC[C@H]1CN(c2ccc(-c3ccc(CNCc4nc5ccccc5s4)cc3)c(F)c2)C(=O)O1. The molecule has 1 saturated heterocycles. The third kappa shape index (κ3) is 5.37. The van der Waals surface area contributed by atoms with Gasteiger partial charge >= 0.3 is 6.09 Å². The molecule has 0 aliphatic carbocycles. The number of fused-ring (bicyclic) bond motifs is 1. The number of cyclic esters (lactones) is 1. The number of para-hydroxylation sites is 1. The molecule has 1 fully saturated rings. The Kier molecular flexibility index (Phi) is 6.92. The van der Waals surface area contributed by atoms with Gasteiger partial charge in [-0.15, -0.1) is 11.3 Å². The molecule has 9 heteroatoms. The molecule has 0 saturated carbocycles. The van der Waals surface area contributed by atoms with Crippen LogP contribution in [0, 0.1) is 5.82 Å². The Morgan fingerprint density at radius 2 is 1.94 bits per heavy atom. The molecule has 0 spiro atoms. The lowest BCUT2D eigenvalue weighted by molar-refractivity contribution is -0.119. The maximum Gasteiger partial charge on any atom is 0.414 e. The number of thiazole rings is 1. The van der Waals surface area contributed by atoms with E-state index >= 15 is 0 Å². The van der Waals surface area contributed by atoms with Gasteiger partial charge in [-0.05, 0) is 41.5 Å². The topological polar surface area (TPSA) is 83.6 Å². The molecule has 0 radical (unpaired) electrons. The van der Waals surface area contributed by atoms with Gasteiger partial charge in [0.25, 0.3) is 0 Å². The van der Waals surface area contributed by atoms with Crippen LogP contribution in [-0.2, 0) is 22.6 Å². The number of rotatable bonds is 8. The molecule has 2 heterocycles. The van der Waals surface area contributed by atoms with Crippen LogP contribution in [0.15, 0.2) is 66.7 Å². The first kappa shape index (κ1) is 23.9. The van der Waals surface area contributed by atoms with E-state index in [1.165, 1.54) is 22.6 Å². The average Bonchev–Trinajstić information content (AvgIpc) is 3.46. The van der Waals surface area contributed by atoms with Crippen molar-refractivity contribution >= 4 is 39.2 Å². The van der Waals surface area contributed by atoms with E-state index in [0.717, 1.165) is 21.7 Å². The van der Waals surface area contributed by atoms with Crippen LogP contribution in [0.1, 0.15) is 17.5 Å². The molecule has 0 unspecified atom stereocenters. The fourth-order valence-corrected chi connectivity index (χ4v) is 5.05. The third-order valence-electron chi connectivity index (χ3n) is 5.93. The van der Waals surface area contributed by atoms with Crippen LogP contribution in [0.3, 0.4) is 0 Å². The van der Waals surface area contributed by atoms with Crippen LogP contribution in [0.5, 0.6) is 0 Å². The van der Waals surface area contributed by atoms with Crippen molar-refractivity contribution in [2.24, 2.45) is 0 Å². The van der Waals surface area contributed by atoms with E-state index in [1.807, 2.05) is 42.5 Å². The summed E-state index contributed by atoms with van der Waals surface area (Å²) < 4.78 is 21.4. The minimum absolute atomic E-state index is 0.199. The first-order valence-corrected chi connectivity index (χ1v) is 12.4. The number of anilines is 1. The van der Waals surface area contributed by atoms with Gasteiger partial charge in [0.15, 0.2) is 0 Å². The number of nitrogens with zero attached hydrogens (tertiary/aromatic N) is 2. The minimum atomic E-state index is -0.555. The van der Waals surface area contributed by atoms with Crippen molar-refractivity contribution in [2.75, 3.05) is 18.0 Å². The van der Waals surface area contributed by atoms with E-state index in [2.05, 4.69) is 21.7 Å². The maximum atomic E-state index is 15.0. The fraction of sp³-hybridized carbons (Fsp3) is 0.222. The highest BCUT2D eigenvalue weighted by atomic mass is 32.1. The number of carbonyl (C=O) groups excluding carboxylic acids is 2. The largest absolute Gasteiger partial charge is 0.442 e. The highest BCUT2D eigenvalue weighted by Gasteiger charge is 2.32. The summed E-state index contributed by atoms with van der Waals surface area (Å²) in [7, 11) is 0. The van der Waals surface area contributed by atoms with Gasteiger partial charge in [-0.25, -0.2) is 14.2 Å². The maximum absolute atomic E-state index is 15.0. The van der Waals surface area contributed by atoms with Gasteiger partial charge in [-0.3, -0.25) is 9.69 Å². The van der Waals surface area contributed by atoms with Gasteiger partial charge in [0.05, 0.1) is 29.0 Å². The Balaban J connectivity index is 1.19. The first-order chi connectivity index (χ1) is 17.5. The standard InChI is InChI=1S/C27H25FN4O3S/c1-17(33)30-14-21-16-32(27(34)35-21)20-10-11-22(23(28)12-20)19-8-6-18(7-9-19)13-29-15-26-31-24-4-2-3-5-25(24)36-26/h2-12,21,29H,13-16H2,1H3,(H,30,33)/t21-/m0/s1. The monoisotopic (exact) mass is 504 g/mol. The highest BCUT2D eigenvalue weighted by molar-refractivity contribution is 7.18. The number of benzene rings is 3. The molecule has 1 aliphatic heterocycles. The molecule has 1 atom stereocenters. The Morgan fingerprint density at radius 1 is 1.14 bits per heavy atom. The van der Waals surface area contributed by atoms with Gasteiger partial charge in [0, 0.05) is 25.6 Å². The fourth-order valence-electron chi connectivity index (χ4n) is 4.11. The van der Waals surface area contributed by atoms with Crippen LogP contribution in [0.25, 0.3) is 21.3 Å². The van der Waals surface area contributed by atoms with E-state index in [9.17, 15) is 14.0 Å². The number of hydrogen-bond donors (Lipinski definition) is 2. The summed E-state index contributed by atoms with van der Waals surface area (Å²) in [6.07, 6.45) is -1.03. The molecule has 2 amide bonds. The third-order valence-corrected chi connectivity index (χ3v) is 6.96. The van der Waals surface area contributed by atoms with Gasteiger partial charge in [-0.1, -0.05) is 36.4 Å². The van der Waals surface area contributed by atoms with E-state index < -0.39 is 18.0 Å². The van der Waals surface area contributed by atoms with E-state index in [4.69, 9.17) is 4.74 Å². The van der Waals surface area contributed by atoms with Gasteiger partial charge < -0.3 is 15.4 Å².